The lowest BCUT2D eigenvalue weighted by Crippen LogP contribution is -2.09. The average molecular weight is 315 g/mol. The number of nitrogens with zero attached hydrogens (tertiary/aromatic N) is 1. The minimum Gasteiger partial charge on any atom is -0.369 e. The Balaban J connectivity index is 2.52. The van der Waals surface area contributed by atoms with Gasteiger partial charge in [0.05, 0.1) is 10.6 Å². The smallest absolute Gasteiger partial charge is 0.369 e. The van der Waals surface area contributed by atoms with Crippen LogP contribution in [0.4, 0.5) is 19.0 Å². The van der Waals surface area contributed by atoms with Crippen LogP contribution in [0.1, 0.15) is 25.3 Å². The first-order valence-corrected chi connectivity index (χ1v) is 6.78. The molecule has 1 heterocycles. The lowest BCUT2D eigenvalue weighted by atomic mass is 10.1. The van der Waals surface area contributed by atoms with Gasteiger partial charge in [-0.05, 0) is 24.8 Å². The van der Waals surface area contributed by atoms with Gasteiger partial charge < -0.3 is 5.32 Å². The Morgan fingerprint density at radius 3 is 2.63 bits per heavy atom. The number of hydrogen-bond acceptors (Lipinski definition) is 2. The third kappa shape index (κ3) is 5.45. The summed E-state index contributed by atoms with van der Waals surface area (Å²) in [7, 11) is 0. The fourth-order valence-electron chi connectivity index (χ4n) is 1.46. The molecular weight excluding hydrogens is 300 g/mol. The molecule has 1 unspecified atom stereocenters. The third-order valence-corrected chi connectivity index (χ3v) is 3.41. The van der Waals surface area contributed by atoms with E-state index >= 15 is 0 Å². The third-order valence-electron chi connectivity index (χ3n) is 2.60. The van der Waals surface area contributed by atoms with Crippen LogP contribution in [0.5, 0.6) is 0 Å². The molecule has 1 atom stereocenters. The Morgan fingerprint density at radius 2 is 2.11 bits per heavy atom. The first-order valence-electron chi connectivity index (χ1n) is 5.87. The van der Waals surface area contributed by atoms with Gasteiger partial charge in [0.25, 0.3) is 0 Å². The molecular formula is C12H15Cl2F3N2. The number of halogens is 5. The summed E-state index contributed by atoms with van der Waals surface area (Å²) in [5, 5.41) is 2.89. The van der Waals surface area contributed by atoms with E-state index in [1.165, 1.54) is 0 Å². The molecule has 7 heteroatoms. The number of nitrogens with one attached hydrogen (secondary N) is 1. The molecule has 0 saturated heterocycles. The molecule has 1 aromatic heterocycles. The zero-order valence-electron chi connectivity index (χ0n) is 10.4. The van der Waals surface area contributed by atoms with Crippen LogP contribution in [-0.2, 0) is 6.18 Å². The maximum Gasteiger partial charge on any atom is 0.417 e. The summed E-state index contributed by atoms with van der Waals surface area (Å²) in [6.07, 6.45) is -1.86. The first kappa shape index (κ1) is 16.4. The zero-order valence-corrected chi connectivity index (χ0v) is 11.9. The summed E-state index contributed by atoms with van der Waals surface area (Å²) < 4.78 is 37.2. The van der Waals surface area contributed by atoms with Crippen molar-refractivity contribution in [2.45, 2.75) is 25.9 Å². The standard InChI is InChI=1S/C12H15Cl2F3N2/c1-8(6-13)3-2-4-18-11-10(14)5-9(7-19-11)12(15,16)17/h5,7-8H,2-4,6H2,1H3,(H,18,19). The molecule has 1 aromatic rings. The minimum atomic E-state index is -4.43. The molecule has 2 nitrogen and oxygen atoms in total. The van der Waals surface area contributed by atoms with E-state index in [0.717, 1.165) is 25.1 Å². The molecule has 1 N–H and O–H groups in total. The molecule has 0 bridgehead atoms. The molecule has 0 aliphatic rings. The Labute approximate surface area is 120 Å². The van der Waals surface area contributed by atoms with E-state index in [4.69, 9.17) is 23.2 Å². The molecule has 0 spiro atoms. The van der Waals surface area contributed by atoms with Gasteiger partial charge >= 0.3 is 6.18 Å². The van der Waals surface area contributed by atoms with Crippen molar-refractivity contribution in [2.24, 2.45) is 5.92 Å². The monoisotopic (exact) mass is 314 g/mol. The summed E-state index contributed by atoms with van der Waals surface area (Å²) >= 11 is 11.4. The molecule has 1 rings (SSSR count). The largest absolute Gasteiger partial charge is 0.417 e. The second-order valence-corrected chi connectivity index (χ2v) is 5.10. The quantitative estimate of drug-likeness (QED) is 0.601. The highest BCUT2D eigenvalue weighted by Crippen LogP contribution is 2.32. The lowest BCUT2D eigenvalue weighted by Gasteiger charge is -2.11. The number of aromatic nitrogens is 1. The number of hydrogen-bond donors (Lipinski definition) is 1. The van der Waals surface area contributed by atoms with Crippen LogP contribution in [0.25, 0.3) is 0 Å². The molecule has 19 heavy (non-hydrogen) atoms. The Morgan fingerprint density at radius 1 is 1.42 bits per heavy atom. The van der Waals surface area contributed by atoms with Gasteiger partial charge in [0.15, 0.2) is 0 Å². The summed E-state index contributed by atoms with van der Waals surface area (Å²) in [5.41, 5.74) is -0.848. The summed E-state index contributed by atoms with van der Waals surface area (Å²) in [6.45, 7) is 2.63. The van der Waals surface area contributed by atoms with Gasteiger partial charge in [-0.2, -0.15) is 13.2 Å². The van der Waals surface area contributed by atoms with Crippen LogP contribution >= 0.6 is 23.2 Å². The predicted octanol–water partition coefficient (Wildman–Crippen LogP) is 4.82. The fourth-order valence-corrected chi connectivity index (χ4v) is 1.84. The van der Waals surface area contributed by atoms with E-state index < -0.39 is 11.7 Å². The number of pyridine rings is 1. The molecule has 0 amide bonds. The van der Waals surface area contributed by atoms with Gasteiger partial charge in [0.2, 0.25) is 0 Å². The summed E-state index contributed by atoms with van der Waals surface area (Å²) in [6, 6.07) is 0.873. The van der Waals surface area contributed by atoms with Crippen LogP contribution in [-0.4, -0.2) is 17.4 Å². The van der Waals surface area contributed by atoms with E-state index in [0.29, 0.717) is 18.3 Å². The van der Waals surface area contributed by atoms with Crippen LogP contribution in [0, 0.1) is 5.92 Å². The highest BCUT2D eigenvalue weighted by atomic mass is 35.5. The van der Waals surface area contributed by atoms with Crippen molar-refractivity contribution in [3.8, 4) is 0 Å². The molecule has 0 saturated carbocycles. The number of anilines is 1. The van der Waals surface area contributed by atoms with Crippen molar-refractivity contribution in [2.75, 3.05) is 17.7 Å². The van der Waals surface area contributed by atoms with Gasteiger partial charge in [0.1, 0.15) is 5.82 Å². The first-order chi connectivity index (χ1) is 8.84. The van der Waals surface area contributed by atoms with Crippen molar-refractivity contribution in [1.82, 2.24) is 4.98 Å². The highest BCUT2D eigenvalue weighted by molar-refractivity contribution is 6.32. The Hall–Kier alpha value is -0.680. The second kappa shape index (κ2) is 7.20. The van der Waals surface area contributed by atoms with Crippen LogP contribution in [0.15, 0.2) is 12.3 Å². The van der Waals surface area contributed by atoms with Gasteiger partial charge in [-0.3, -0.25) is 0 Å². The molecule has 0 fully saturated rings. The highest BCUT2D eigenvalue weighted by Gasteiger charge is 2.31. The molecule has 0 aliphatic carbocycles. The molecule has 0 aliphatic heterocycles. The number of rotatable bonds is 6. The Kier molecular flexibility index (Phi) is 6.20. The zero-order chi connectivity index (χ0) is 14.5. The van der Waals surface area contributed by atoms with E-state index in [1.54, 1.807) is 0 Å². The van der Waals surface area contributed by atoms with Crippen LogP contribution in [0.2, 0.25) is 5.02 Å². The Bertz CT molecular complexity index is 410. The summed E-state index contributed by atoms with van der Waals surface area (Å²) in [5.74, 6) is 1.28. The predicted molar refractivity (Wildman–Crippen MR) is 71.9 cm³/mol. The molecule has 0 aromatic carbocycles. The van der Waals surface area contributed by atoms with E-state index in [1.807, 2.05) is 6.92 Å². The number of alkyl halides is 4. The van der Waals surface area contributed by atoms with E-state index in [9.17, 15) is 13.2 Å². The van der Waals surface area contributed by atoms with Gasteiger partial charge in [0, 0.05) is 18.6 Å². The second-order valence-electron chi connectivity index (χ2n) is 4.38. The average Bonchev–Trinajstić information content (AvgIpc) is 2.34. The van der Waals surface area contributed by atoms with Crippen molar-refractivity contribution in [1.29, 1.82) is 0 Å². The van der Waals surface area contributed by atoms with Crippen molar-refractivity contribution < 1.29 is 13.2 Å². The van der Waals surface area contributed by atoms with Crippen LogP contribution in [0.3, 0.4) is 0 Å². The van der Waals surface area contributed by atoms with Crippen molar-refractivity contribution in [3.05, 3.63) is 22.8 Å². The fraction of sp³-hybridized carbons (Fsp3) is 0.583. The van der Waals surface area contributed by atoms with Gasteiger partial charge in [-0.15, -0.1) is 11.6 Å². The SMILES string of the molecule is CC(CCl)CCCNc1ncc(C(F)(F)F)cc1Cl. The molecule has 0 radical (unpaired) electrons. The van der Waals surface area contributed by atoms with E-state index in [2.05, 4.69) is 10.3 Å². The maximum absolute atomic E-state index is 12.4. The topological polar surface area (TPSA) is 24.9 Å². The minimum absolute atomic E-state index is 0.0276. The maximum atomic E-state index is 12.4. The molecule has 108 valence electrons. The van der Waals surface area contributed by atoms with Crippen molar-refractivity contribution in [3.63, 3.8) is 0 Å². The lowest BCUT2D eigenvalue weighted by molar-refractivity contribution is -0.137. The van der Waals surface area contributed by atoms with Gasteiger partial charge in [-0.1, -0.05) is 18.5 Å². The van der Waals surface area contributed by atoms with Crippen molar-refractivity contribution >= 4 is 29.0 Å². The van der Waals surface area contributed by atoms with Crippen LogP contribution < -0.4 is 5.32 Å². The summed E-state index contributed by atoms with van der Waals surface area (Å²) in [4.78, 5) is 3.69. The van der Waals surface area contributed by atoms with E-state index in [-0.39, 0.29) is 10.8 Å². The van der Waals surface area contributed by atoms with Gasteiger partial charge in [-0.25, -0.2) is 4.98 Å². The normalized spacial score (nSPS) is 13.4.